The van der Waals surface area contributed by atoms with E-state index in [9.17, 15) is 9.18 Å². The van der Waals surface area contributed by atoms with Gasteiger partial charge in [-0.15, -0.1) is 0 Å². The van der Waals surface area contributed by atoms with Gasteiger partial charge in [0, 0.05) is 5.69 Å². The Hall–Kier alpha value is -2.23. The van der Waals surface area contributed by atoms with Crippen molar-refractivity contribution >= 4 is 11.6 Å². The maximum Gasteiger partial charge on any atom is 0.228 e. The van der Waals surface area contributed by atoms with E-state index in [-0.39, 0.29) is 18.1 Å². The molecule has 3 nitrogen and oxygen atoms in total. The number of rotatable bonds is 3. The number of nitrogens with zero attached hydrogens (tertiary/aromatic N) is 1. The van der Waals surface area contributed by atoms with Crippen LogP contribution in [-0.4, -0.2) is 10.9 Å². The molecule has 0 fully saturated rings. The molecule has 2 aromatic rings. The van der Waals surface area contributed by atoms with Gasteiger partial charge in [-0.25, -0.2) is 4.39 Å². The highest BCUT2D eigenvalue weighted by Crippen LogP contribution is 2.19. The number of benzene rings is 1. The van der Waals surface area contributed by atoms with Gasteiger partial charge >= 0.3 is 0 Å². The maximum atomic E-state index is 12.8. The lowest BCUT2D eigenvalue weighted by Gasteiger charge is -2.12. The van der Waals surface area contributed by atoms with Gasteiger partial charge in [-0.3, -0.25) is 9.78 Å². The number of halogens is 1. The van der Waals surface area contributed by atoms with Crippen molar-refractivity contribution in [1.82, 2.24) is 4.98 Å². The normalized spacial score (nSPS) is 10.4. The van der Waals surface area contributed by atoms with Gasteiger partial charge in [0.1, 0.15) is 5.82 Å². The largest absolute Gasteiger partial charge is 0.324 e. The second kappa shape index (κ2) is 5.82. The summed E-state index contributed by atoms with van der Waals surface area (Å²) >= 11 is 0. The molecule has 0 aliphatic heterocycles. The zero-order valence-electron chi connectivity index (χ0n) is 11.8. The summed E-state index contributed by atoms with van der Waals surface area (Å²) in [5.74, 6) is -0.433. The predicted octanol–water partition coefficient (Wildman–Crippen LogP) is 3.33. The van der Waals surface area contributed by atoms with Crippen LogP contribution >= 0.6 is 0 Å². The first kappa shape index (κ1) is 14.2. The van der Waals surface area contributed by atoms with E-state index in [1.54, 1.807) is 12.1 Å². The van der Waals surface area contributed by atoms with Crippen LogP contribution in [0.15, 0.2) is 30.3 Å². The van der Waals surface area contributed by atoms with Gasteiger partial charge in [-0.05, 0) is 50.1 Å². The lowest BCUT2D eigenvalue weighted by molar-refractivity contribution is -0.115. The highest BCUT2D eigenvalue weighted by molar-refractivity contribution is 5.93. The van der Waals surface area contributed by atoms with Crippen LogP contribution in [-0.2, 0) is 11.2 Å². The summed E-state index contributed by atoms with van der Waals surface area (Å²) in [6.07, 6.45) is 0.215. The minimum atomic E-state index is -0.302. The average molecular weight is 272 g/mol. The Kier molecular flexibility index (Phi) is 4.13. The Morgan fingerprint density at radius 2 is 1.85 bits per heavy atom. The molecule has 1 aromatic heterocycles. The van der Waals surface area contributed by atoms with Gasteiger partial charge in [0.25, 0.3) is 0 Å². The Balaban J connectivity index is 2.10. The number of hydrogen-bond donors (Lipinski definition) is 1. The molecule has 20 heavy (non-hydrogen) atoms. The van der Waals surface area contributed by atoms with E-state index in [0.717, 1.165) is 28.2 Å². The second-order valence-electron chi connectivity index (χ2n) is 4.89. The molecular formula is C16H17FN2O. The molecule has 0 atom stereocenters. The molecule has 1 amide bonds. The minimum absolute atomic E-state index is 0.131. The van der Waals surface area contributed by atoms with E-state index < -0.39 is 0 Å². The third-order valence-corrected chi connectivity index (χ3v) is 3.07. The molecule has 1 aromatic carbocycles. The van der Waals surface area contributed by atoms with E-state index >= 15 is 0 Å². The molecule has 0 aliphatic rings. The van der Waals surface area contributed by atoms with Crippen LogP contribution in [0.2, 0.25) is 0 Å². The number of hydrogen-bond acceptors (Lipinski definition) is 2. The van der Waals surface area contributed by atoms with Crippen LogP contribution in [0.4, 0.5) is 10.1 Å². The van der Waals surface area contributed by atoms with Crippen molar-refractivity contribution in [3.05, 3.63) is 58.7 Å². The second-order valence-corrected chi connectivity index (χ2v) is 4.89. The van der Waals surface area contributed by atoms with E-state index in [4.69, 9.17) is 0 Å². The summed E-state index contributed by atoms with van der Waals surface area (Å²) in [6.45, 7) is 5.73. The molecule has 0 radical (unpaired) electrons. The van der Waals surface area contributed by atoms with Gasteiger partial charge in [0.15, 0.2) is 0 Å². The first-order valence-corrected chi connectivity index (χ1v) is 6.45. The first-order chi connectivity index (χ1) is 9.45. The smallest absolute Gasteiger partial charge is 0.228 e. The predicted molar refractivity (Wildman–Crippen MR) is 77.2 cm³/mol. The zero-order valence-corrected chi connectivity index (χ0v) is 11.8. The van der Waals surface area contributed by atoms with Crippen LogP contribution in [0.5, 0.6) is 0 Å². The van der Waals surface area contributed by atoms with Gasteiger partial charge in [0.05, 0.1) is 17.8 Å². The van der Waals surface area contributed by atoms with Crippen molar-refractivity contribution in [1.29, 1.82) is 0 Å². The fourth-order valence-electron chi connectivity index (χ4n) is 2.18. The molecule has 1 N–H and O–H groups in total. The number of carbonyl (C=O) groups excluding carboxylic acids is 1. The highest BCUT2D eigenvalue weighted by atomic mass is 19.1. The number of anilines is 1. The lowest BCUT2D eigenvalue weighted by Crippen LogP contribution is -2.16. The van der Waals surface area contributed by atoms with Crippen molar-refractivity contribution in [3.63, 3.8) is 0 Å². The molecule has 0 saturated carbocycles. The third-order valence-electron chi connectivity index (χ3n) is 3.07. The van der Waals surface area contributed by atoms with Gasteiger partial charge in [0.2, 0.25) is 5.91 Å². The topological polar surface area (TPSA) is 42.0 Å². The molecule has 104 valence electrons. The first-order valence-electron chi connectivity index (χ1n) is 6.45. The van der Waals surface area contributed by atoms with E-state index in [1.807, 2.05) is 26.8 Å². The summed E-state index contributed by atoms with van der Waals surface area (Å²) in [5, 5.41) is 2.87. The number of pyridine rings is 1. The quantitative estimate of drug-likeness (QED) is 0.931. The number of aryl methyl sites for hydroxylation is 3. The zero-order chi connectivity index (χ0) is 14.7. The third kappa shape index (κ3) is 3.41. The molecule has 0 bridgehead atoms. The molecule has 0 saturated heterocycles. The average Bonchev–Trinajstić information content (AvgIpc) is 2.36. The standard InChI is InChI=1S/C16H17FN2O/c1-10-8-11(2)18-12(3)16(10)19-15(20)9-13-4-6-14(17)7-5-13/h4-8H,9H2,1-3H3,(H,19,20). The van der Waals surface area contributed by atoms with Crippen LogP contribution in [0, 0.1) is 26.6 Å². The van der Waals surface area contributed by atoms with Crippen LogP contribution in [0.1, 0.15) is 22.5 Å². The van der Waals surface area contributed by atoms with E-state index in [0.29, 0.717) is 0 Å². The molecule has 0 aliphatic carbocycles. The van der Waals surface area contributed by atoms with E-state index in [1.165, 1.54) is 12.1 Å². The van der Waals surface area contributed by atoms with Gasteiger partial charge in [-0.1, -0.05) is 12.1 Å². The Morgan fingerprint density at radius 1 is 1.20 bits per heavy atom. The molecular weight excluding hydrogens is 255 g/mol. The summed E-state index contributed by atoms with van der Waals surface area (Å²) in [7, 11) is 0. The SMILES string of the molecule is Cc1cc(C)c(NC(=O)Cc2ccc(F)cc2)c(C)n1. The molecule has 4 heteroatoms. The fourth-order valence-corrected chi connectivity index (χ4v) is 2.18. The van der Waals surface area contributed by atoms with E-state index in [2.05, 4.69) is 10.3 Å². The molecule has 1 heterocycles. The van der Waals surface area contributed by atoms with Crippen molar-refractivity contribution in [2.75, 3.05) is 5.32 Å². The van der Waals surface area contributed by atoms with Gasteiger partial charge < -0.3 is 5.32 Å². The van der Waals surface area contributed by atoms with Gasteiger partial charge in [-0.2, -0.15) is 0 Å². The van der Waals surface area contributed by atoms with Crippen LogP contribution in [0.25, 0.3) is 0 Å². The van der Waals surface area contributed by atoms with Crippen LogP contribution in [0.3, 0.4) is 0 Å². The fraction of sp³-hybridized carbons (Fsp3) is 0.250. The summed E-state index contributed by atoms with van der Waals surface area (Å²) in [4.78, 5) is 16.4. The summed E-state index contributed by atoms with van der Waals surface area (Å²) in [6, 6.07) is 7.86. The summed E-state index contributed by atoms with van der Waals surface area (Å²) < 4.78 is 12.8. The lowest BCUT2D eigenvalue weighted by atomic mass is 10.1. The Labute approximate surface area is 117 Å². The number of aromatic nitrogens is 1. The molecule has 2 rings (SSSR count). The summed E-state index contributed by atoms with van der Waals surface area (Å²) in [5.41, 5.74) is 4.25. The highest BCUT2D eigenvalue weighted by Gasteiger charge is 2.10. The van der Waals surface area contributed by atoms with Crippen molar-refractivity contribution in [2.45, 2.75) is 27.2 Å². The van der Waals surface area contributed by atoms with Crippen molar-refractivity contribution < 1.29 is 9.18 Å². The minimum Gasteiger partial charge on any atom is -0.324 e. The number of nitrogens with one attached hydrogen (secondary N) is 1. The maximum absolute atomic E-state index is 12.8. The number of amides is 1. The van der Waals surface area contributed by atoms with Crippen LogP contribution < -0.4 is 5.32 Å². The molecule has 0 spiro atoms. The Morgan fingerprint density at radius 3 is 2.45 bits per heavy atom. The number of carbonyl (C=O) groups is 1. The van der Waals surface area contributed by atoms with Crippen molar-refractivity contribution in [2.24, 2.45) is 0 Å². The Bertz CT molecular complexity index is 612. The molecule has 0 unspecified atom stereocenters. The monoisotopic (exact) mass is 272 g/mol. The van der Waals surface area contributed by atoms with Crippen molar-refractivity contribution in [3.8, 4) is 0 Å².